The van der Waals surface area contributed by atoms with E-state index in [0.717, 1.165) is 16.9 Å². The second-order valence-corrected chi connectivity index (χ2v) is 4.21. The van der Waals surface area contributed by atoms with E-state index in [1.165, 1.54) is 0 Å². The zero-order valence-corrected chi connectivity index (χ0v) is 9.99. The van der Waals surface area contributed by atoms with Gasteiger partial charge in [-0.15, -0.1) is 0 Å². The van der Waals surface area contributed by atoms with Gasteiger partial charge < -0.3 is 10.0 Å². The van der Waals surface area contributed by atoms with Crippen LogP contribution in [0.15, 0.2) is 35.9 Å². The van der Waals surface area contributed by atoms with Crippen molar-refractivity contribution in [3.63, 3.8) is 0 Å². The van der Waals surface area contributed by atoms with E-state index in [-0.39, 0.29) is 0 Å². The average Bonchev–Trinajstić information content (AvgIpc) is 2.22. The summed E-state index contributed by atoms with van der Waals surface area (Å²) in [6.45, 7) is 4.59. The minimum Gasteiger partial charge on any atom is -0.508 e. The first-order chi connectivity index (χ1) is 7.58. The van der Waals surface area contributed by atoms with Gasteiger partial charge in [0.15, 0.2) is 0 Å². The number of aromatic nitrogens is 1. The standard InChI is InChI=1S/C12H13ClN2O/c1-8-7-14-12(13)6-11(8)15-4-3-10(16)5-9(15)2/h3,5-7,16H,4H2,1-2H3. The predicted molar refractivity (Wildman–Crippen MR) is 65.8 cm³/mol. The van der Waals surface area contributed by atoms with E-state index in [9.17, 15) is 5.11 Å². The zero-order valence-electron chi connectivity index (χ0n) is 9.24. The van der Waals surface area contributed by atoms with Gasteiger partial charge in [0.25, 0.3) is 0 Å². The third kappa shape index (κ3) is 2.04. The summed E-state index contributed by atoms with van der Waals surface area (Å²) in [7, 11) is 0. The maximum atomic E-state index is 9.39. The van der Waals surface area contributed by atoms with Gasteiger partial charge in [0.2, 0.25) is 0 Å². The minimum absolute atomic E-state index is 0.312. The van der Waals surface area contributed by atoms with Gasteiger partial charge >= 0.3 is 0 Å². The molecule has 1 aliphatic heterocycles. The molecule has 0 amide bonds. The molecule has 1 aromatic heterocycles. The predicted octanol–water partition coefficient (Wildman–Crippen LogP) is 3.21. The van der Waals surface area contributed by atoms with Gasteiger partial charge in [-0.25, -0.2) is 4.98 Å². The monoisotopic (exact) mass is 236 g/mol. The van der Waals surface area contributed by atoms with Crippen LogP contribution in [0.2, 0.25) is 5.15 Å². The molecule has 1 aromatic rings. The molecule has 1 N–H and O–H groups in total. The molecule has 2 heterocycles. The molecule has 0 saturated heterocycles. The SMILES string of the molecule is CC1=CC(O)=CCN1c1cc(Cl)ncc1C. The molecule has 4 heteroatoms. The quantitative estimate of drug-likeness (QED) is 0.761. The fraction of sp³-hybridized carbons (Fsp3) is 0.250. The van der Waals surface area contributed by atoms with Crippen LogP contribution in [0.4, 0.5) is 5.69 Å². The van der Waals surface area contributed by atoms with E-state index < -0.39 is 0 Å². The molecule has 0 spiro atoms. The van der Waals surface area contributed by atoms with Crippen LogP contribution >= 0.6 is 11.6 Å². The largest absolute Gasteiger partial charge is 0.508 e. The molecule has 0 fully saturated rings. The summed E-state index contributed by atoms with van der Waals surface area (Å²) in [5.74, 6) is 0.312. The summed E-state index contributed by atoms with van der Waals surface area (Å²) in [6.07, 6.45) is 5.25. The number of nitrogens with zero attached hydrogens (tertiary/aromatic N) is 2. The van der Waals surface area contributed by atoms with Gasteiger partial charge in [-0.3, -0.25) is 0 Å². The number of hydrogen-bond acceptors (Lipinski definition) is 3. The van der Waals surface area contributed by atoms with Crippen LogP contribution in [-0.4, -0.2) is 16.6 Å². The van der Waals surface area contributed by atoms with Crippen molar-refractivity contribution >= 4 is 17.3 Å². The minimum atomic E-state index is 0.312. The van der Waals surface area contributed by atoms with Crippen LogP contribution in [0.1, 0.15) is 12.5 Å². The number of aryl methyl sites for hydroxylation is 1. The Morgan fingerprint density at radius 3 is 2.88 bits per heavy atom. The molecule has 3 nitrogen and oxygen atoms in total. The Morgan fingerprint density at radius 2 is 2.19 bits per heavy atom. The lowest BCUT2D eigenvalue weighted by Crippen LogP contribution is -2.24. The number of aliphatic hydroxyl groups excluding tert-OH is 1. The van der Waals surface area contributed by atoms with Gasteiger partial charge in [-0.2, -0.15) is 0 Å². The number of pyridine rings is 1. The second-order valence-electron chi connectivity index (χ2n) is 3.82. The third-order valence-electron chi connectivity index (χ3n) is 2.60. The maximum absolute atomic E-state index is 9.39. The molecule has 0 aliphatic carbocycles. The number of halogens is 1. The lowest BCUT2D eigenvalue weighted by molar-refractivity contribution is 0.427. The highest BCUT2D eigenvalue weighted by atomic mass is 35.5. The Kier molecular flexibility index (Phi) is 2.88. The Labute approximate surface area is 99.7 Å². The van der Waals surface area contributed by atoms with Crippen molar-refractivity contribution in [1.29, 1.82) is 0 Å². The molecule has 0 atom stereocenters. The Morgan fingerprint density at radius 1 is 1.44 bits per heavy atom. The smallest absolute Gasteiger partial charge is 0.131 e. The Hall–Kier alpha value is -1.48. The van der Waals surface area contributed by atoms with Gasteiger partial charge in [-0.05, 0) is 37.6 Å². The van der Waals surface area contributed by atoms with Crippen molar-refractivity contribution in [2.45, 2.75) is 13.8 Å². The van der Waals surface area contributed by atoms with Crippen LogP contribution in [0, 0.1) is 6.92 Å². The summed E-state index contributed by atoms with van der Waals surface area (Å²) in [5, 5.41) is 9.87. The topological polar surface area (TPSA) is 36.4 Å². The number of allylic oxidation sites excluding steroid dienone is 2. The lowest BCUT2D eigenvalue weighted by Gasteiger charge is -2.28. The molecule has 0 bridgehead atoms. The first-order valence-electron chi connectivity index (χ1n) is 5.05. The van der Waals surface area contributed by atoms with Crippen molar-refractivity contribution in [3.8, 4) is 0 Å². The van der Waals surface area contributed by atoms with Crippen LogP contribution < -0.4 is 4.90 Å². The van der Waals surface area contributed by atoms with Crippen molar-refractivity contribution < 1.29 is 5.11 Å². The van der Waals surface area contributed by atoms with Crippen LogP contribution in [0.3, 0.4) is 0 Å². The van der Waals surface area contributed by atoms with Crippen molar-refractivity contribution in [1.82, 2.24) is 4.98 Å². The van der Waals surface area contributed by atoms with Crippen molar-refractivity contribution in [2.75, 3.05) is 11.4 Å². The molecule has 0 aromatic carbocycles. The summed E-state index contributed by atoms with van der Waals surface area (Å²) in [4.78, 5) is 6.11. The number of hydrogen-bond donors (Lipinski definition) is 1. The van der Waals surface area contributed by atoms with Gasteiger partial charge in [0.1, 0.15) is 10.9 Å². The molecular formula is C12H13ClN2O. The van der Waals surface area contributed by atoms with Gasteiger partial charge in [-0.1, -0.05) is 11.6 Å². The second kappa shape index (κ2) is 4.18. The van der Waals surface area contributed by atoms with E-state index in [1.54, 1.807) is 18.3 Å². The van der Waals surface area contributed by atoms with Crippen LogP contribution in [0.25, 0.3) is 0 Å². The number of anilines is 1. The van der Waals surface area contributed by atoms with E-state index in [0.29, 0.717) is 17.5 Å². The number of rotatable bonds is 1. The first-order valence-corrected chi connectivity index (χ1v) is 5.43. The van der Waals surface area contributed by atoms with E-state index >= 15 is 0 Å². The number of aliphatic hydroxyl groups is 1. The highest BCUT2D eigenvalue weighted by Gasteiger charge is 2.14. The molecule has 2 rings (SSSR count). The zero-order chi connectivity index (χ0) is 11.7. The summed E-state index contributed by atoms with van der Waals surface area (Å²) in [5.41, 5.74) is 3.08. The normalized spacial score (nSPS) is 15.8. The average molecular weight is 237 g/mol. The van der Waals surface area contributed by atoms with E-state index in [2.05, 4.69) is 9.88 Å². The van der Waals surface area contributed by atoms with Crippen molar-refractivity contribution in [3.05, 3.63) is 46.6 Å². The Balaban J connectivity index is 2.39. The fourth-order valence-electron chi connectivity index (χ4n) is 1.75. The fourth-order valence-corrected chi connectivity index (χ4v) is 1.90. The highest BCUT2D eigenvalue weighted by molar-refractivity contribution is 6.29. The van der Waals surface area contributed by atoms with Crippen molar-refractivity contribution in [2.24, 2.45) is 0 Å². The van der Waals surface area contributed by atoms with Gasteiger partial charge in [0.05, 0.1) is 0 Å². The maximum Gasteiger partial charge on any atom is 0.131 e. The molecule has 0 radical (unpaired) electrons. The van der Waals surface area contributed by atoms with Crippen LogP contribution in [0.5, 0.6) is 0 Å². The van der Waals surface area contributed by atoms with Crippen LogP contribution in [-0.2, 0) is 0 Å². The molecule has 1 aliphatic rings. The molecule has 84 valence electrons. The summed E-state index contributed by atoms with van der Waals surface area (Å²) in [6, 6.07) is 1.84. The highest BCUT2D eigenvalue weighted by Crippen LogP contribution is 2.27. The van der Waals surface area contributed by atoms with E-state index in [1.807, 2.05) is 19.9 Å². The summed E-state index contributed by atoms with van der Waals surface area (Å²) < 4.78 is 0. The van der Waals surface area contributed by atoms with Gasteiger partial charge in [0, 0.05) is 24.1 Å². The Bertz CT molecular complexity index is 480. The third-order valence-corrected chi connectivity index (χ3v) is 2.80. The molecular weight excluding hydrogens is 224 g/mol. The van der Waals surface area contributed by atoms with E-state index in [4.69, 9.17) is 11.6 Å². The molecule has 0 unspecified atom stereocenters. The summed E-state index contributed by atoms with van der Waals surface area (Å²) >= 11 is 5.89. The lowest BCUT2D eigenvalue weighted by atomic mass is 10.1. The molecule has 0 saturated carbocycles. The first kappa shape index (κ1) is 11.0. The molecule has 16 heavy (non-hydrogen) atoms.